The van der Waals surface area contributed by atoms with Crippen LogP contribution >= 0.6 is 0 Å². The van der Waals surface area contributed by atoms with Crippen molar-refractivity contribution in [3.63, 3.8) is 0 Å². The molecule has 0 radical (unpaired) electrons. The number of Topliss-reactive ketones (excluding diaryl/α,β-unsaturated/α-hetero) is 1. The first kappa shape index (κ1) is 22.3. The van der Waals surface area contributed by atoms with Gasteiger partial charge in [-0.15, -0.1) is 0 Å². The molecule has 9 heteroatoms. The van der Waals surface area contributed by atoms with Crippen molar-refractivity contribution in [1.29, 1.82) is 0 Å². The largest absolute Gasteiger partial charge is 0.372 e. The Morgan fingerprint density at radius 2 is 1.79 bits per heavy atom. The SMILES string of the molecule is CCOCC(=O)NC(C)C(=O)NCC(=O)NC(CC1CCCC1)C(=O)C1CO1. The van der Waals surface area contributed by atoms with Crippen LogP contribution in [0.4, 0.5) is 0 Å². The van der Waals surface area contributed by atoms with Crippen molar-refractivity contribution in [1.82, 2.24) is 16.0 Å². The molecule has 9 nitrogen and oxygen atoms in total. The van der Waals surface area contributed by atoms with E-state index in [1.807, 2.05) is 0 Å². The maximum atomic E-state index is 12.4. The summed E-state index contributed by atoms with van der Waals surface area (Å²) in [4.78, 5) is 48.2. The highest BCUT2D eigenvalue weighted by atomic mass is 16.6. The smallest absolute Gasteiger partial charge is 0.246 e. The van der Waals surface area contributed by atoms with E-state index in [-0.39, 0.29) is 18.9 Å². The Labute approximate surface area is 165 Å². The Morgan fingerprint density at radius 1 is 1.11 bits per heavy atom. The maximum absolute atomic E-state index is 12.4. The van der Waals surface area contributed by atoms with Gasteiger partial charge in [-0.3, -0.25) is 19.2 Å². The number of ketones is 1. The van der Waals surface area contributed by atoms with Crippen molar-refractivity contribution < 1.29 is 28.7 Å². The zero-order chi connectivity index (χ0) is 20.5. The molecule has 0 bridgehead atoms. The van der Waals surface area contributed by atoms with Gasteiger partial charge in [0.1, 0.15) is 18.8 Å². The molecule has 1 heterocycles. The first-order valence-electron chi connectivity index (χ1n) is 10.00. The van der Waals surface area contributed by atoms with E-state index in [0.29, 0.717) is 25.6 Å². The first-order chi connectivity index (χ1) is 13.4. The summed E-state index contributed by atoms with van der Waals surface area (Å²) in [6, 6.07) is -1.38. The molecule has 0 aromatic carbocycles. The maximum Gasteiger partial charge on any atom is 0.246 e. The zero-order valence-corrected chi connectivity index (χ0v) is 16.6. The van der Waals surface area contributed by atoms with Gasteiger partial charge in [0.05, 0.1) is 19.2 Å². The lowest BCUT2D eigenvalue weighted by Gasteiger charge is -2.21. The zero-order valence-electron chi connectivity index (χ0n) is 16.6. The van der Waals surface area contributed by atoms with Crippen LogP contribution in [0.3, 0.4) is 0 Å². The summed E-state index contributed by atoms with van der Waals surface area (Å²) < 4.78 is 10.0. The predicted molar refractivity (Wildman–Crippen MR) is 100 cm³/mol. The molecule has 3 unspecified atom stereocenters. The molecule has 0 spiro atoms. The molecule has 2 rings (SSSR count). The van der Waals surface area contributed by atoms with E-state index >= 15 is 0 Å². The molecule has 1 saturated heterocycles. The molecule has 1 aliphatic heterocycles. The van der Waals surface area contributed by atoms with Crippen molar-refractivity contribution in [2.24, 2.45) is 5.92 Å². The summed E-state index contributed by atoms with van der Waals surface area (Å²) in [5.74, 6) is -0.978. The van der Waals surface area contributed by atoms with Crippen molar-refractivity contribution in [2.75, 3.05) is 26.4 Å². The fraction of sp³-hybridized carbons (Fsp3) is 0.789. The summed E-state index contributed by atoms with van der Waals surface area (Å²) in [5, 5.41) is 7.71. The van der Waals surface area contributed by atoms with E-state index in [2.05, 4.69) is 16.0 Å². The third-order valence-corrected chi connectivity index (χ3v) is 5.00. The molecule has 3 atom stereocenters. The number of amides is 3. The average molecular weight is 397 g/mol. The Morgan fingerprint density at radius 3 is 2.39 bits per heavy atom. The normalized spacial score (nSPS) is 20.9. The number of rotatable bonds is 12. The van der Waals surface area contributed by atoms with E-state index in [4.69, 9.17) is 9.47 Å². The van der Waals surface area contributed by atoms with Crippen LogP contribution in [0.1, 0.15) is 46.0 Å². The molecule has 1 aliphatic carbocycles. The molecule has 2 aliphatic rings. The molecule has 1 saturated carbocycles. The van der Waals surface area contributed by atoms with Gasteiger partial charge < -0.3 is 25.4 Å². The first-order valence-corrected chi connectivity index (χ1v) is 10.00. The molecule has 0 aromatic rings. The fourth-order valence-electron chi connectivity index (χ4n) is 3.37. The lowest BCUT2D eigenvalue weighted by atomic mass is 9.94. The molecule has 3 amide bonds. The van der Waals surface area contributed by atoms with Gasteiger partial charge in [0.25, 0.3) is 0 Å². The van der Waals surface area contributed by atoms with Crippen LogP contribution in [0, 0.1) is 5.92 Å². The average Bonchev–Trinajstić information content (AvgIpc) is 3.40. The third-order valence-electron chi connectivity index (χ3n) is 5.00. The molecular formula is C19H31N3O6. The monoisotopic (exact) mass is 397 g/mol. The van der Waals surface area contributed by atoms with Gasteiger partial charge in [-0.25, -0.2) is 0 Å². The summed E-state index contributed by atoms with van der Waals surface area (Å²) in [6.07, 6.45) is 4.65. The van der Waals surface area contributed by atoms with Gasteiger partial charge in [-0.1, -0.05) is 25.7 Å². The standard InChI is InChI=1S/C19H31N3O6/c1-3-27-11-17(24)21-12(2)19(26)20-9-16(23)22-14(18(25)15-10-28-15)8-13-6-4-5-7-13/h12-15H,3-11H2,1-2H3,(H,20,26)(H,21,24)(H,22,23). The highest BCUT2D eigenvalue weighted by molar-refractivity contribution is 5.95. The second kappa shape index (κ2) is 11.1. The van der Waals surface area contributed by atoms with Gasteiger partial charge in [0.2, 0.25) is 17.7 Å². The van der Waals surface area contributed by atoms with Crippen molar-refractivity contribution in [3.05, 3.63) is 0 Å². The van der Waals surface area contributed by atoms with Crippen LogP contribution in [0.5, 0.6) is 0 Å². The number of hydrogen-bond donors (Lipinski definition) is 3. The summed E-state index contributed by atoms with van der Waals surface area (Å²) in [6.45, 7) is 3.72. The Hall–Kier alpha value is -2.00. The number of carbonyl (C=O) groups excluding carboxylic acids is 4. The predicted octanol–water partition coefficient (Wildman–Crippen LogP) is -0.323. The number of nitrogens with one attached hydrogen (secondary N) is 3. The Balaban J connectivity index is 1.75. The Bertz CT molecular complexity index is 572. The van der Waals surface area contributed by atoms with Crippen molar-refractivity contribution >= 4 is 23.5 Å². The number of ether oxygens (including phenoxy) is 2. The van der Waals surface area contributed by atoms with Gasteiger partial charge >= 0.3 is 0 Å². The lowest BCUT2D eigenvalue weighted by Crippen LogP contribution is -2.51. The minimum Gasteiger partial charge on any atom is -0.372 e. The minimum atomic E-state index is -0.795. The highest BCUT2D eigenvalue weighted by Gasteiger charge is 2.38. The van der Waals surface area contributed by atoms with E-state index in [1.54, 1.807) is 6.92 Å². The second-order valence-electron chi connectivity index (χ2n) is 7.37. The molecule has 28 heavy (non-hydrogen) atoms. The number of carbonyl (C=O) groups is 4. The van der Waals surface area contributed by atoms with Gasteiger partial charge in [-0.2, -0.15) is 0 Å². The van der Waals surface area contributed by atoms with Gasteiger partial charge in [-0.05, 0) is 26.2 Å². The molecule has 3 N–H and O–H groups in total. The van der Waals surface area contributed by atoms with E-state index < -0.39 is 35.9 Å². The summed E-state index contributed by atoms with van der Waals surface area (Å²) >= 11 is 0. The number of epoxide rings is 1. The van der Waals surface area contributed by atoms with Crippen molar-refractivity contribution in [2.45, 2.75) is 64.1 Å². The van der Waals surface area contributed by atoms with Crippen molar-refractivity contribution in [3.8, 4) is 0 Å². The second-order valence-corrected chi connectivity index (χ2v) is 7.37. The van der Waals surface area contributed by atoms with Crippen LogP contribution in [0.2, 0.25) is 0 Å². The lowest BCUT2D eigenvalue weighted by molar-refractivity contribution is -0.132. The molecular weight excluding hydrogens is 366 g/mol. The topological polar surface area (TPSA) is 126 Å². The van der Waals surface area contributed by atoms with Gasteiger partial charge in [0.15, 0.2) is 5.78 Å². The van der Waals surface area contributed by atoms with Crippen LogP contribution < -0.4 is 16.0 Å². The van der Waals surface area contributed by atoms with Crippen LogP contribution in [-0.4, -0.2) is 68.1 Å². The summed E-state index contributed by atoms with van der Waals surface area (Å²) in [5.41, 5.74) is 0. The van der Waals surface area contributed by atoms with Crippen LogP contribution in [-0.2, 0) is 28.7 Å². The summed E-state index contributed by atoms with van der Waals surface area (Å²) in [7, 11) is 0. The van der Waals surface area contributed by atoms with E-state index in [9.17, 15) is 19.2 Å². The minimum absolute atomic E-state index is 0.0943. The van der Waals surface area contributed by atoms with E-state index in [0.717, 1.165) is 25.7 Å². The molecule has 0 aromatic heterocycles. The third kappa shape index (κ3) is 7.55. The number of hydrogen-bond acceptors (Lipinski definition) is 6. The molecule has 158 valence electrons. The van der Waals surface area contributed by atoms with E-state index in [1.165, 1.54) is 6.92 Å². The molecule has 2 fully saturated rings. The van der Waals surface area contributed by atoms with Gasteiger partial charge in [0, 0.05) is 6.61 Å². The fourth-order valence-corrected chi connectivity index (χ4v) is 3.37. The quantitative estimate of drug-likeness (QED) is 0.387. The highest BCUT2D eigenvalue weighted by Crippen LogP contribution is 2.29. The van der Waals surface area contributed by atoms with Crippen LogP contribution in [0.15, 0.2) is 0 Å². The van der Waals surface area contributed by atoms with Crippen LogP contribution in [0.25, 0.3) is 0 Å². The Kier molecular flexibility index (Phi) is 8.85.